The summed E-state index contributed by atoms with van der Waals surface area (Å²) in [7, 11) is 4.67. The summed E-state index contributed by atoms with van der Waals surface area (Å²) in [6.45, 7) is 0. The molecule has 0 unspecified atom stereocenters. The molecule has 0 saturated carbocycles. The third-order valence-corrected chi connectivity index (χ3v) is 3.61. The second-order valence-electron chi connectivity index (χ2n) is 5.16. The maximum Gasteiger partial charge on any atom is 0.324 e. The molecule has 0 spiro atoms. The van der Waals surface area contributed by atoms with Gasteiger partial charge in [-0.05, 0) is 18.2 Å². The molecule has 3 aromatic rings. The Morgan fingerprint density at radius 3 is 2.24 bits per heavy atom. The summed E-state index contributed by atoms with van der Waals surface area (Å²) >= 11 is 0. The van der Waals surface area contributed by atoms with E-state index in [4.69, 9.17) is 14.2 Å². The fraction of sp³-hybridized carbons (Fsp3) is 0.176. The number of amides is 2. The molecule has 130 valence electrons. The number of hydrogen-bond donors (Lipinski definition) is 3. The van der Waals surface area contributed by atoms with E-state index in [1.165, 1.54) is 0 Å². The highest BCUT2D eigenvalue weighted by Gasteiger charge is 2.11. The van der Waals surface area contributed by atoms with Gasteiger partial charge in [0.2, 0.25) is 0 Å². The lowest BCUT2D eigenvalue weighted by Gasteiger charge is -2.10. The average molecular weight is 342 g/mol. The van der Waals surface area contributed by atoms with Crippen molar-refractivity contribution in [3.8, 4) is 17.2 Å². The van der Waals surface area contributed by atoms with Crippen LogP contribution in [0.2, 0.25) is 0 Å². The van der Waals surface area contributed by atoms with Gasteiger partial charge < -0.3 is 19.5 Å². The van der Waals surface area contributed by atoms with Crippen LogP contribution in [0.15, 0.2) is 36.4 Å². The van der Waals surface area contributed by atoms with Crippen LogP contribution in [0.25, 0.3) is 10.9 Å². The Hall–Kier alpha value is -3.42. The van der Waals surface area contributed by atoms with Crippen molar-refractivity contribution in [3.05, 3.63) is 36.4 Å². The standard InChI is InChI=1S/C17H18N4O4/c1-23-11-4-5-15-14(9-11)16(21-20-15)19-17(22)18-10-6-12(24-2)8-13(7-10)25-3/h4-9H,1-3H3,(H3,18,19,20,21,22). The summed E-state index contributed by atoms with van der Waals surface area (Å²) in [5.74, 6) is 2.23. The number of nitrogens with zero attached hydrogens (tertiary/aromatic N) is 1. The van der Waals surface area contributed by atoms with E-state index < -0.39 is 6.03 Å². The number of ether oxygens (including phenoxy) is 3. The van der Waals surface area contributed by atoms with E-state index in [2.05, 4.69) is 20.8 Å². The van der Waals surface area contributed by atoms with Gasteiger partial charge in [-0.15, -0.1) is 0 Å². The number of aromatic nitrogens is 2. The minimum atomic E-state index is -0.438. The maximum absolute atomic E-state index is 12.3. The fourth-order valence-corrected chi connectivity index (χ4v) is 2.36. The summed E-state index contributed by atoms with van der Waals surface area (Å²) in [6, 6.07) is 10.1. The molecule has 2 aromatic carbocycles. The van der Waals surface area contributed by atoms with Gasteiger partial charge in [0, 0.05) is 29.3 Å². The minimum absolute atomic E-state index is 0.404. The Balaban J connectivity index is 1.79. The Morgan fingerprint density at radius 1 is 0.920 bits per heavy atom. The number of nitrogens with one attached hydrogen (secondary N) is 3. The average Bonchev–Trinajstić information content (AvgIpc) is 3.03. The van der Waals surface area contributed by atoms with Crippen molar-refractivity contribution in [2.24, 2.45) is 0 Å². The molecular weight excluding hydrogens is 324 g/mol. The molecule has 1 heterocycles. The van der Waals surface area contributed by atoms with Crippen molar-refractivity contribution >= 4 is 28.4 Å². The monoisotopic (exact) mass is 342 g/mol. The highest BCUT2D eigenvalue weighted by molar-refractivity contribution is 6.04. The molecule has 3 rings (SSSR count). The second-order valence-corrected chi connectivity index (χ2v) is 5.16. The van der Waals surface area contributed by atoms with Crippen LogP contribution in [-0.4, -0.2) is 37.6 Å². The van der Waals surface area contributed by atoms with Crippen LogP contribution < -0.4 is 24.8 Å². The molecule has 25 heavy (non-hydrogen) atoms. The zero-order valence-corrected chi connectivity index (χ0v) is 14.0. The Morgan fingerprint density at radius 2 is 1.60 bits per heavy atom. The second kappa shape index (κ2) is 7.00. The summed E-state index contributed by atoms with van der Waals surface area (Å²) in [5, 5.41) is 13.2. The van der Waals surface area contributed by atoms with Gasteiger partial charge in [-0.3, -0.25) is 10.4 Å². The SMILES string of the molecule is COc1cc(NC(=O)Nc2n[nH]c3ccc(OC)cc23)cc(OC)c1. The van der Waals surface area contributed by atoms with E-state index in [0.29, 0.717) is 28.8 Å². The minimum Gasteiger partial charge on any atom is -0.497 e. The first-order valence-electron chi connectivity index (χ1n) is 7.46. The predicted octanol–water partition coefficient (Wildman–Crippen LogP) is 3.23. The molecule has 0 radical (unpaired) electrons. The topological polar surface area (TPSA) is 97.5 Å². The smallest absolute Gasteiger partial charge is 0.324 e. The first kappa shape index (κ1) is 16.4. The van der Waals surface area contributed by atoms with Crippen LogP contribution in [0.3, 0.4) is 0 Å². The van der Waals surface area contributed by atoms with Gasteiger partial charge in [-0.2, -0.15) is 5.10 Å². The third kappa shape index (κ3) is 3.57. The molecule has 0 fully saturated rings. The summed E-state index contributed by atoms with van der Waals surface area (Å²) < 4.78 is 15.6. The van der Waals surface area contributed by atoms with Crippen LogP contribution in [0.1, 0.15) is 0 Å². The fourth-order valence-electron chi connectivity index (χ4n) is 2.36. The first-order valence-corrected chi connectivity index (χ1v) is 7.46. The normalized spacial score (nSPS) is 10.4. The van der Waals surface area contributed by atoms with Crippen molar-refractivity contribution in [2.45, 2.75) is 0 Å². The van der Waals surface area contributed by atoms with Crippen LogP contribution in [0.4, 0.5) is 16.3 Å². The number of anilines is 2. The van der Waals surface area contributed by atoms with Crippen LogP contribution in [-0.2, 0) is 0 Å². The number of urea groups is 1. The Bertz CT molecular complexity index is 885. The number of fused-ring (bicyclic) bond motifs is 1. The number of rotatable bonds is 5. The van der Waals surface area contributed by atoms with Crippen molar-refractivity contribution in [1.82, 2.24) is 10.2 Å². The summed E-state index contributed by atoms with van der Waals surface area (Å²) in [4.78, 5) is 12.3. The number of carbonyl (C=O) groups excluding carboxylic acids is 1. The molecule has 0 aliphatic carbocycles. The summed E-state index contributed by atoms with van der Waals surface area (Å²) in [5.41, 5.74) is 1.32. The third-order valence-electron chi connectivity index (χ3n) is 3.61. The zero-order valence-electron chi connectivity index (χ0n) is 14.0. The number of carbonyl (C=O) groups is 1. The molecule has 2 amide bonds. The molecule has 0 saturated heterocycles. The highest BCUT2D eigenvalue weighted by Crippen LogP contribution is 2.27. The lowest BCUT2D eigenvalue weighted by Crippen LogP contribution is -2.19. The van der Waals surface area contributed by atoms with Crippen molar-refractivity contribution in [3.63, 3.8) is 0 Å². The quantitative estimate of drug-likeness (QED) is 0.661. The van der Waals surface area contributed by atoms with Crippen LogP contribution in [0.5, 0.6) is 17.2 Å². The number of hydrogen-bond acceptors (Lipinski definition) is 5. The first-order chi connectivity index (χ1) is 12.1. The van der Waals surface area contributed by atoms with Gasteiger partial charge in [0.1, 0.15) is 17.2 Å². The molecule has 0 atom stereocenters. The van der Waals surface area contributed by atoms with E-state index >= 15 is 0 Å². The molecule has 1 aromatic heterocycles. The highest BCUT2D eigenvalue weighted by atomic mass is 16.5. The van der Waals surface area contributed by atoms with Crippen molar-refractivity contribution < 1.29 is 19.0 Å². The van der Waals surface area contributed by atoms with E-state index in [-0.39, 0.29) is 0 Å². The number of H-pyrrole nitrogens is 1. The molecular formula is C17H18N4O4. The van der Waals surface area contributed by atoms with E-state index in [1.54, 1.807) is 45.6 Å². The lowest BCUT2D eigenvalue weighted by molar-refractivity contribution is 0.262. The van der Waals surface area contributed by atoms with Crippen molar-refractivity contribution in [1.29, 1.82) is 0 Å². The zero-order chi connectivity index (χ0) is 17.8. The Kier molecular flexibility index (Phi) is 4.60. The van der Waals surface area contributed by atoms with E-state index in [1.807, 2.05) is 12.1 Å². The molecule has 8 heteroatoms. The van der Waals surface area contributed by atoms with Crippen molar-refractivity contribution in [2.75, 3.05) is 32.0 Å². The summed E-state index contributed by atoms with van der Waals surface area (Å²) in [6.07, 6.45) is 0. The Labute approximate surface area is 144 Å². The molecule has 0 bridgehead atoms. The molecule has 0 aliphatic heterocycles. The number of benzene rings is 2. The van der Waals surface area contributed by atoms with Gasteiger partial charge >= 0.3 is 6.03 Å². The number of methoxy groups -OCH3 is 3. The van der Waals surface area contributed by atoms with Gasteiger partial charge in [0.15, 0.2) is 5.82 Å². The van der Waals surface area contributed by atoms with Crippen LogP contribution >= 0.6 is 0 Å². The van der Waals surface area contributed by atoms with Gasteiger partial charge in [0.05, 0.1) is 26.8 Å². The van der Waals surface area contributed by atoms with Crippen LogP contribution in [0, 0.1) is 0 Å². The maximum atomic E-state index is 12.3. The van der Waals surface area contributed by atoms with E-state index in [0.717, 1.165) is 10.9 Å². The predicted molar refractivity (Wildman–Crippen MR) is 94.8 cm³/mol. The van der Waals surface area contributed by atoms with E-state index in [9.17, 15) is 4.79 Å². The molecule has 3 N–H and O–H groups in total. The molecule has 8 nitrogen and oxygen atoms in total. The lowest BCUT2D eigenvalue weighted by atomic mass is 10.2. The van der Waals surface area contributed by atoms with Gasteiger partial charge in [-0.1, -0.05) is 0 Å². The largest absolute Gasteiger partial charge is 0.497 e. The van der Waals surface area contributed by atoms with Gasteiger partial charge in [0.25, 0.3) is 0 Å². The molecule has 0 aliphatic rings. The van der Waals surface area contributed by atoms with Gasteiger partial charge in [-0.25, -0.2) is 4.79 Å². The number of aromatic amines is 1.